The summed E-state index contributed by atoms with van der Waals surface area (Å²) in [6, 6.07) is 3.51. The van der Waals surface area contributed by atoms with Crippen LogP contribution in [0.3, 0.4) is 0 Å². The fraction of sp³-hybridized carbons (Fsp3) is 0.500. The van der Waals surface area contributed by atoms with E-state index in [-0.39, 0.29) is 12.0 Å². The van der Waals surface area contributed by atoms with Crippen molar-refractivity contribution in [1.82, 2.24) is 24.4 Å². The summed E-state index contributed by atoms with van der Waals surface area (Å²) in [6.45, 7) is 1.84. The second-order valence-corrected chi connectivity index (χ2v) is 6.53. The smallest absolute Gasteiger partial charge is 0.410 e. The minimum absolute atomic E-state index is 0.0183. The minimum atomic E-state index is -0.447. The highest BCUT2D eigenvalue weighted by Gasteiger charge is 2.44. The van der Waals surface area contributed by atoms with Gasteiger partial charge in [0, 0.05) is 38.3 Å². The fourth-order valence-electron chi connectivity index (χ4n) is 3.55. The minimum Gasteiger partial charge on any atom is -0.441 e. The van der Waals surface area contributed by atoms with Gasteiger partial charge in [0.25, 0.3) is 5.91 Å². The lowest BCUT2D eigenvalue weighted by molar-refractivity contribution is 0.0438. The molecular formula is C16H19N5O3. The number of carbonyl (C=O) groups is 2. The molecule has 0 radical (unpaired) electrons. The molecule has 1 spiro atoms. The van der Waals surface area contributed by atoms with Crippen LogP contribution < -0.4 is 0 Å². The maximum atomic E-state index is 12.8. The number of rotatable bonds is 1. The normalized spacial score (nSPS) is 24.5. The summed E-state index contributed by atoms with van der Waals surface area (Å²) < 4.78 is 7.22. The van der Waals surface area contributed by atoms with Gasteiger partial charge in [0.15, 0.2) is 5.65 Å². The summed E-state index contributed by atoms with van der Waals surface area (Å²) >= 11 is 0. The second-order valence-electron chi connectivity index (χ2n) is 6.53. The number of pyridine rings is 1. The number of fused-ring (bicyclic) bond motifs is 1. The van der Waals surface area contributed by atoms with E-state index in [0.717, 1.165) is 12.8 Å². The molecule has 0 saturated carbocycles. The Balaban J connectivity index is 1.50. The van der Waals surface area contributed by atoms with E-state index in [0.29, 0.717) is 37.3 Å². The highest BCUT2D eigenvalue weighted by atomic mass is 16.6. The van der Waals surface area contributed by atoms with Gasteiger partial charge in [-0.05, 0) is 25.0 Å². The highest BCUT2D eigenvalue weighted by molar-refractivity contribution is 5.95. The molecule has 4 rings (SSSR count). The van der Waals surface area contributed by atoms with E-state index in [1.165, 1.54) is 6.33 Å². The quantitative estimate of drug-likeness (QED) is 0.785. The molecule has 2 saturated heterocycles. The lowest BCUT2D eigenvalue weighted by atomic mass is 9.95. The summed E-state index contributed by atoms with van der Waals surface area (Å²) in [4.78, 5) is 32.1. The van der Waals surface area contributed by atoms with Gasteiger partial charge in [0.2, 0.25) is 0 Å². The van der Waals surface area contributed by atoms with Crippen LogP contribution in [-0.4, -0.2) is 68.7 Å². The maximum absolute atomic E-state index is 12.8. The van der Waals surface area contributed by atoms with E-state index >= 15 is 0 Å². The van der Waals surface area contributed by atoms with Gasteiger partial charge in [-0.1, -0.05) is 0 Å². The van der Waals surface area contributed by atoms with Gasteiger partial charge >= 0.3 is 6.09 Å². The van der Waals surface area contributed by atoms with Crippen molar-refractivity contribution >= 4 is 17.6 Å². The number of hydrogen-bond acceptors (Lipinski definition) is 5. The van der Waals surface area contributed by atoms with E-state index in [2.05, 4.69) is 10.1 Å². The largest absolute Gasteiger partial charge is 0.441 e. The molecule has 2 fully saturated rings. The first-order chi connectivity index (χ1) is 11.6. The van der Waals surface area contributed by atoms with E-state index in [4.69, 9.17) is 4.74 Å². The number of likely N-dealkylation sites (tertiary alicyclic amines) is 1. The Hall–Kier alpha value is -2.64. The van der Waals surface area contributed by atoms with Crippen molar-refractivity contribution in [3.63, 3.8) is 0 Å². The number of hydrogen-bond donors (Lipinski definition) is 0. The maximum Gasteiger partial charge on any atom is 0.410 e. The lowest BCUT2D eigenvalue weighted by Gasteiger charge is -2.25. The third-order valence-electron chi connectivity index (χ3n) is 4.85. The molecule has 2 aliphatic rings. The molecule has 0 aromatic carbocycles. The fourth-order valence-corrected chi connectivity index (χ4v) is 3.55. The average molecular weight is 329 g/mol. The van der Waals surface area contributed by atoms with Crippen molar-refractivity contribution < 1.29 is 14.3 Å². The number of likely N-dealkylation sites (N-methyl/N-ethyl adjacent to an activating group) is 1. The van der Waals surface area contributed by atoms with Gasteiger partial charge < -0.3 is 14.5 Å². The van der Waals surface area contributed by atoms with E-state index in [9.17, 15) is 9.59 Å². The molecule has 4 heterocycles. The van der Waals surface area contributed by atoms with Crippen LogP contribution in [0.25, 0.3) is 5.65 Å². The van der Waals surface area contributed by atoms with Crippen molar-refractivity contribution in [1.29, 1.82) is 0 Å². The highest BCUT2D eigenvalue weighted by Crippen LogP contribution is 2.32. The van der Waals surface area contributed by atoms with Gasteiger partial charge in [0.1, 0.15) is 11.9 Å². The molecule has 2 aromatic rings. The van der Waals surface area contributed by atoms with Crippen LogP contribution in [0.2, 0.25) is 0 Å². The molecule has 126 valence electrons. The van der Waals surface area contributed by atoms with Crippen LogP contribution in [0.15, 0.2) is 24.7 Å². The molecule has 0 aliphatic carbocycles. The molecule has 8 heteroatoms. The first kappa shape index (κ1) is 14.9. The van der Waals surface area contributed by atoms with Gasteiger partial charge in [0.05, 0.1) is 6.54 Å². The monoisotopic (exact) mass is 329 g/mol. The number of amides is 2. The third-order valence-corrected chi connectivity index (χ3v) is 4.85. The molecule has 8 nitrogen and oxygen atoms in total. The molecular weight excluding hydrogens is 310 g/mol. The van der Waals surface area contributed by atoms with Gasteiger partial charge in [-0.3, -0.25) is 4.79 Å². The summed E-state index contributed by atoms with van der Waals surface area (Å²) in [5.74, 6) is -0.0183. The molecule has 1 atom stereocenters. The SMILES string of the molecule is CN1CC2(CCCN(C(=O)c3ccn4ncnc4c3)CC2)OC1=O. The van der Waals surface area contributed by atoms with E-state index in [1.54, 1.807) is 34.8 Å². The molecule has 0 bridgehead atoms. The Morgan fingerprint density at radius 1 is 1.33 bits per heavy atom. The predicted octanol–water partition coefficient (Wildman–Crippen LogP) is 1.18. The van der Waals surface area contributed by atoms with Crippen molar-refractivity contribution in [2.24, 2.45) is 0 Å². The van der Waals surface area contributed by atoms with Crippen LogP contribution in [0.4, 0.5) is 4.79 Å². The Labute approximate surface area is 139 Å². The van der Waals surface area contributed by atoms with Crippen LogP contribution in [0, 0.1) is 0 Å². The Bertz CT molecular complexity index is 804. The molecule has 0 N–H and O–H groups in total. The first-order valence-electron chi connectivity index (χ1n) is 8.09. The number of ether oxygens (including phenoxy) is 1. The number of carbonyl (C=O) groups excluding carboxylic acids is 2. The van der Waals surface area contributed by atoms with Crippen molar-refractivity contribution in [3.05, 3.63) is 30.2 Å². The predicted molar refractivity (Wildman–Crippen MR) is 84.6 cm³/mol. The topological polar surface area (TPSA) is 80.0 Å². The van der Waals surface area contributed by atoms with Crippen LogP contribution >= 0.6 is 0 Å². The molecule has 2 amide bonds. The number of nitrogens with zero attached hydrogens (tertiary/aromatic N) is 5. The Kier molecular flexibility index (Phi) is 3.40. The summed E-state index contributed by atoms with van der Waals surface area (Å²) in [7, 11) is 1.75. The molecule has 2 aromatic heterocycles. The zero-order valence-corrected chi connectivity index (χ0v) is 13.5. The van der Waals surface area contributed by atoms with Crippen LogP contribution in [-0.2, 0) is 4.74 Å². The molecule has 1 unspecified atom stereocenters. The van der Waals surface area contributed by atoms with Gasteiger partial charge in [-0.15, -0.1) is 0 Å². The van der Waals surface area contributed by atoms with Gasteiger partial charge in [-0.25, -0.2) is 14.3 Å². The Morgan fingerprint density at radius 2 is 2.21 bits per heavy atom. The third kappa shape index (κ3) is 2.47. The average Bonchev–Trinajstić information content (AvgIpc) is 3.07. The lowest BCUT2D eigenvalue weighted by Crippen LogP contribution is -2.36. The molecule has 2 aliphatic heterocycles. The zero-order valence-electron chi connectivity index (χ0n) is 13.5. The summed E-state index contributed by atoms with van der Waals surface area (Å²) in [5, 5.41) is 4.04. The standard InChI is InChI=1S/C16H19N5O3/c1-19-10-16(24-15(19)23)4-2-6-20(8-5-16)14(22)12-3-7-21-13(9-12)17-11-18-21/h3,7,9,11H,2,4-6,8,10H2,1H3. The summed E-state index contributed by atoms with van der Waals surface area (Å²) in [6.07, 6.45) is 5.21. The van der Waals surface area contributed by atoms with Gasteiger partial charge in [-0.2, -0.15) is 5.10 Å². The molecule has 24 heavy (non-hydrogen) atoms. The van der Waals surface area contributed by atoms with Crippen LogP contribution in [0.5, 0.6) is 0 Å². The number of aromatic nitrogens is 3. The zero-order chi connectivity index (χ0) is 16.7. The van der Waals surface area contributed by atoms with Crippen molar-refractivity contribution in [3.8, 4) is 0 Å². The first-order valence-corrected chi connectivity index (χ1v) is 8.09. The van der Waals surface area contributed by atoms with E-state index in [1.807, 2.05) is 4.90 Å². The summed E-state index contributed by atoms with van der Waals surface area (Å²) in [5.41, 5.74) is 0.808. The van der Waals surface area contributed by atoms with E-state index < -0.39 is 5.60 Å². The van der Waals surface area contributed by atoms with Crippen molar-refractivity contribution in [2.45, 2.75) is 24.9 Å². The van der Waals surface area contributed by atoms with Crippen molar-refractivity contribution in [2.75, 3.05) is 26.7 Å². The second kappa shape index (κ2) is 5.47. The van der Waals surface area contributed by atoms with Crippen LogP contribution in [0.1, 0.15) is 29.6 Å². The Morgan fingerprint density at radius 3 is 3.00 bits per heavy atom.